The molecule has 2 aromatic rings. The van der Waals surface area contributed by atoms with Gasteiger partial charge >= 0.3 is 0 Å². The van der Waals surface area contributed by atoms with Gasteiger partial charge in [0.05, 0.1) is 0 Å². The third-order valence-corrected chi connectivity index (χ3v) is 3.71. The van der Waals surface area contributed by atoms with Crippen molar-refractivity contribution in [3.8, 4) is 0 Å². The van der Waals surface area contributed by atoms with Gasteiger partial charge in [0, 0.05) is 25.2 Å². The van der Waals surface area contributed by atoms with E-state index in [0.717, 1.165) is 6.54 Å². The maximum atomic E-state index is 11.5. The second kappa shape index (κ2) is 7.04. The second-order valence-corrected chi connectivity index (χ2v) is 5.24. The maximum absolute atomic E-state index is 11.5. The van der Waals surface area contributed by atoms with Crippen molar-refractivity contribution in [1.82, 2.24) is 10.6 Å². The van der Waals surface area contributed by atoms with Crippen LogP contribution in [0.2, 0.25) is 0 Å². The predicted molar refractivity (Wildman–Crippen MR) is 86.3 cm³/mol. The van der Waals surface area contributed by atoms with Crippen LogP contribution in [-0.2, 0) is 6.54 Å². The van der Waals surface area contributed by atoms with Crippen LogP contribution in [0.4, 0.5) is 0 Å². The Morgan fingerprint density at radius 1 is 1.10 bits per heavy atom. The normalized spacial score (nSPS) is 12.0. The summed E-state index contributed by atoms with van der Waals surface area (Å²) in [7, 11) is 1.64. The summed E-state index contributed by atoms with van der Waals surface area (Å²) in [6, 6.07) is 16.4. The molecule has 0 spiro atoms. The van der Waals surface area contributed by atoms with Crippen molar-refractivity contribution in [2.45, 2.75) is 26.4 Å². The van der Waals surface area contributed by atoms with Gasteiger partial charge in [-0.05, 0) is 42.7 Å². The fourth-order valence-electron chi connectivity index (χ4n) is 2.37. The van der Waals surface area contributed by atoms with Crippen molar-refractivity contribution in [3.05, 3.63) is 70.8 Å². The lowest BCUT2D eigenvalue weighted by atomic mass is 10.0. The molecule has 1 atom stereocenters. The van der Waals surface area contributed by atoms with E-state index in [1.165, 1.54) is 16.7 Å². The fraction of sp³-hybridized carbons (Fsp3) is 0.278. The number of carbonyl (C=O) groups is 1. The van der Waals surface area contributed by atoms with E-state index in [4.69, 9.17) is 0 Å². The van der Waals surface area contributed by atoms with Gasteiger partial charge < -0.3 is 10.6 Å². The first-order valence-electron chi connectivity index (χ1n) is 7.21. The molecule has 3 heteroatoms. The highest BCUT2D eigenvalue weighted by Crippen LogP contribution is 2.17. The lowest BCUT2D eigenvalue weighted by molar-refractivity contribution is 0.0963. The Kier molecular flexibility index (Phi) is 5.12. The minimum Gasteiger partial charge on any atom is -0.355 e. The zero-order valence-corrected chi connectivity index (χ0v) is 12.8. The molecule has 0 aliphatic heterocycles. The average molecular weight is 282 g/mol. The number of rotatable bonds is 5. The highest BCUT2D eigenvalue weighted by Gasteiger charge is 2.07. The molecule has 3 nitrogen and oxygen atoms in total. The molecule has 0 aliphatic carbocycles. The summed E-state index contributed by atoms with van der Waals surface area (Å²) in [6.45, 7) is 5.08. The molecule has 0 fully saturated rings. The first kappa shape index (κ1) is 15.3. The van der Waals surface area contributed by atoms with E-state index in [9.17, 15) is 4.79 Å². The quantitative estimate of drug-likeness (QED) is 0.884. The molecule has 110 valence electrons. The van der Waals surface area contributed by atoms with Gasteiger partial charge in [0.2, 0.25) is 0 Å². The molecule has 2 aromatic carbocycles. The van der Waals surface area contributed by atoms with Gasteiger partial charge in [-0.25, -0.2) is 0 Å². The number of nitrogens with one attached hydrogen (secondary N) is 2. The van der Waals surface area contributed by atoms with Crippen LogP contribution >= 0.6 is 0 Å². The zero-order chi connectivity index (χ0) is 15.2. The van der Waals surface area contributed by atoms with Crippen molar-refractivity contribution in [3.63, 3.8) is 0 Å². The minimum atomic E-state index is -0.0530. The molecular weight excluding hydrogens is 260 g/mol. The van der Waals surface area contributed by atoms with Gasteiger partial charge in [-0.1, -0.05) is 36.4 Å². The predicted octanol–water partition coefficient (Wildman–Crippen LogP) is 3.21. The number of benzene rings is 2. The van der Waals surface area contributed by atoms with E-state index in [0.29, 0.717) is 11.6 Å². The van der Waals surface area contributed by atoms with E-state index in [2.05, 4.69) is 48.7 Å². The molecule has 0 radical (unpaired) electrons. The average Bonchev–Trinajstić information content (AvgIpc) is 2.52. The molecule has 21 heavy (non-hydrogen) atoms. The number of hydrogen-bond donors (Lipinski definition) is 2. The molecule has 2 N–H and O–H groups in total. The first-order chi connectivity index (χ1) is 10.1. The molecule has 0 unspecified atom stereocenters. The molecule has 0 bridgehead atoms. The summed E-state index contributed by atoms with van der Waals surface area (Å²) >= 11 is 0. The van der Waals surface area contributed by atoms with Crippen LogP contribution in [0.15, 0.2) is 48.5 Å². The van der Waals surface area contributed by atoms with Crippen LogP contribution in [0.1, 0.15) is 40.0 Å². The van der Waals surface area contributed by atoms with Gasteiger partial charge in [0.15, 0.2) is 0 Å². The third-order valence-electron chi connectivity index (χ3n) is 3.71. The van der Waals surface area contributed by atoms with Gasteiger partial charge in [-0.3, -0.25) is 4.79 Å². The Balaban J connectivity index is 1.97. The van der Waals surface area contributed by atoms with Crippen molar-refractivity contribution in [2.75, 3.05) is 7.05 Å². The Labute approximate surface area is 126 Å². The summed E-state index contributed by atoms with van der Waals surface area (Å²) in [5.41, 5.74) is 4.48. The van der Waals surface area contributed by atoms with Crippen LogP contribution in [0.25, 0.3) is 0 Å². The van der Waals surface area contributed by atoms with E-state index >= 15 is 0 Å². The largest absolute Gasteiger partial charge is 0.355 e. The molecular formula is C18H22N2O. The fourth-order valence-corrected chi connectivity index (χ4v) is 2.37. The monoisotopic (exact) mass is 282 g/mol. The molecule has 2 rings (SSSR count). The third kappa shape index (κ3) is 3.92. The van der Waals surface area contributed by atoms with Gasteiger partial charge in [0.25, 0.3) is 5.91 Å². The van der Waals surface area contributed by atoms with Crippen LogP contribution in [0.5, 0.6) is 0 Å². The van der Waals surface area contributed by atoms with Crippen LogP contribution in [0.3, 0.4) is 0 Å². The minimum absolute atomic E-state index is 0.0530. The van der Waals surface area contributed by atoms with Crippen molar-refractivity contribution < 1.29 is 4.79 Å². The van der Waals surface area contributed by atoms with Crippen molar-refractivity contribution in [1.29, 1.82) is 0 Å². The molecule has 0 saturated heterocycles. The highest BCUT2D eigenvalue weighted by atomic mass is 16.1. The van der Waals surface area contributed by atoms with Crippen LogP contribution in [-0.4, -0.2) is 13.0 Å². The van der Waals surface area contributed by atoms with Gasteiger partial charge in [0.1, 0.15) is 0 Å². The Hall–Kier alpha value is -2.13. The van der Waals surface area contributed by atoms with E-state index in [-0.39, 0.29) is 5.91 Å². The number of carbonyl (C=O) groups excluding carboxylic acids is 1. The highest BCUT2D eigenvalue weighted by molar-refractivity contribution is 5.93. The summed E-state index contributed by atoms with van der Waals surface area (Å²) in [5.74, 6) is -0.0530. The van der Waals surface area contributed by atoms with Crippen molar-refractivity contribution in [2.24, 2.45) is 0 Å². The Morgan fingerprint density at radius 3 is 2.38 bits per heavy atom. The summed E-state index contributed by atoms with van der Waals surface area (Å²) in [5, 5.41) is 6.14. The Morgan fingerprint density at radius 2 is 1.76 bits per heavy atom. The van der Waals surface area contributed by atoms with Crippen molar-refractivity contribution >= 4 is 5.91 Å². The summed E-state index contributed by atoms with van der Waals surface area (Å²) in [6.07, 6.45) is 0. The number of hydrogen-bond acceptors (Lipinski definition) is 2. The summed E-state index contributed by atoms with van der Waals surface area (Å²) < 4.78 is 0. The van der Waals surface area contributed by atoms with Gasteiger partial charge in [-0.15, -0.1) is 0 Å². The number of aryl methyl sites for hydroxylation is 1. The van der Waals surface area contributed by atoms with E-state index in [1.54, 1.807) is 7.05 Å². The standard InChI is InChI=1S/C18H22N2O/c1-13-6-4-5-7-17(13)14(2)20-12-15-8-10-16(11-9-15)18(21)19-3/h4-11,14,20H,12H2,1-3H3,(H,19,21)/t14-/m0/s1. The number of amides is 1. The zero-order valence-electron chi connectivity index (χ0n) is 12.8. The van der Waals surface area contributed by atoms with Crippen LogP contribution < -0.4 is 10.6 Å². The van der Waals surface area contributed by atoms with E-state index in [1.807, 2.05) is 24.3 Å². The molecule has 0 aliphatic rings. The van der Waals surface area contributed by atoms with Crippen LogP contribution in [0, 0.1) is 6.92 Å². The topological polar surface area (TPSA) is 41.1 Å². The molecule has 0 heterocycles. The molecule has 0 saturated carbocycles. The maximum Gasteiger partial charge on any atom is 0.251 e. The summed E-state index contributed by atoms with van der Waals surface area (Å²) in [4.78, 5) is 11.5. The smallest absolute Gasteiger partial charge is 0.251 e. The first-order valence-corrected chi connectivity index (χ1v) is 7.21. The lowest BCUT2D eigenvalue weighted by Crippen LogP contribution is -2.19. The van der Waals surface area contributed by atoms with Gasteiger partial charge in [-0.2, -0.15) is 0 Å². The Bertz CT molecular complexity index is 605. The molecule has 1 amide bonds. The second-order valence-electron chi connectivity index (χ2n) is 5.24. The van der Waals surface area contributed by atoms with E-state index < -0.39 is 0 Å². The SMILES string of the molecule is CNC(=O)c1ccc(CN[C@@H](C)c2ccccc2C)cc1. The lowest BCUT2D eigenvalue weighted by Gasteiger charge is -2.16. The molecule has 0 aromatic heterocycles.